The van der Waals surface area contributed by atoms with Gasteiger partial charge in [0.05, 0.1) is 12.1 Å². The average Bonchev–Trinajstić information content (AvgIpc) is 2.89. The molecule has 0 spiro atoms. The maximum Gasteiger partial charge on any atom is 0.416 e. The zero-order valence-corrected chi connectivity index (χ0v) is 14.6. The Morgan fingerprint density at radius 2 is 1.81 bits per heavy atom. The van der Waals surface area contributed by atoms with Gasteiger partial charge >= 0.3 is 6.18 Å². The van der Waals surface area contributed by atoms with Crippen LogP contribution in [0.4, 0.5) is 18.9 Å². The van der Waals surface area contributed by atoms with Crippen molar-refractivity contribution in [2.24, 2.45) is 5.92 Å². The Morgan fingerprint density at radius 1 is 1.11 bits per heavy atom. The van der Waals surface area contributed by atoms with E-state index in [1.165, 1.54) is 11.0 Å². The number of anilines is 1. The van der Waals surface area contributed by atoms with E-state index in [1.54, 1.807) is 30.3 Å². The third kappa shape index (κ3) is 2.65. The number of amides is 1. The summed E-state index contributed by atoms with van der Waals surface area (Å²) in [5.41, 5.74) is 0.812. The highest BCUT2D eigenvalue weighted by atomic mass is 19.4. The number of carbonyl (C=O) groups excluding carboxylic acids is 1. The lowest BCUT2D eigenvalue weighted by Gasteiger charge is -2.62. The number of alkyl halides is 3. The Labute approximate surface area is 155 Å². The van der Waals surface area contributed by atoms with Crippen molar-refractivity contribution in [2.75, 3.05) is 4.90 Å². The van der Waals surface area contributed by atoms with Gasteiger partial charge < -0.3 is 10.2 Å². The van der Waals surface area contributed by atoms with Crippen LogP contribution >= 0.6 is 0 Å². The monoisotopic (exact) mass is 372 g/mol. The van der Waals surface area contributed by atoms with Gasteiger partial charge in [-0.05, 0) is 60.6 Å². The average molecular weight is 372 g/mol. The molecule has 2 aromatic rings. The second kappa shape index (κ2) is 5.58. The van der Waals surface area contributed by atoms with E-state index < -0.39 is 11.7 Å². The van der Waals surface area contributed by atoms with Crippen molar-refractivity contribution < 1.29 is 18.0 Å². The van der Waals surface area contributed by atoms with Crippen molar-refractivity contribution >= 4 is 11.6 Å². The van der Waals surface area contributed by atoms with Crippen LogP contribution in [-0.2, 0) is 19.3 Å². The molecule has 1 N–H and O–H groups in total. The van der Waals surface area contributed by atoms with Crippen LogP contribution in [0.25, 0.3) is 0 Å². The summed E-state index contributed by atoms with van der Waals surface area (Å²) in [5, 5.41) is 3.41. The molecule has 0 saturated heterocycles. The summed E-state index contributed by atoms with van der Waals surface area (Å²) < 4.78 is 41.1. The van der Waals surface area contributed by atoms with Crippen molar-refractivity contribution in [1.29, 1.82) is 0 Å². The van der Waals surface area contributed by atoms with Crippen molar-refractivity contribution in [3.05, 3.63) is 64.7 Å². The fourth-order valence-electron chi connectivity index (χ4n) is 4.62. The number of nitrogens with one attached hydrogen (secondary N) is 1. The summed E-state index contributed by atoms with van der Waals surface area (Å²) in [7, 11) is 0. The summed E-state index contributed by atoms with van der Waals surface area (Å²) in [6, 6.07) is 11.7. The Kier molecular flexibility index (Phi) is 3.47. The van der Waals surface area contributed by atoms with Crippen LogP contribution in [0.2, 0.25) is 0 Å². The van der Waals surface area contributed by atoms with Gasteiger partial charge in [-0.25, -0.2) is 0 Å². The van der Waals surface area contributed by atoms with E-state index in [0.29, 0.717) is 17.8 Å². The lowest BCUT2D eigenvalue weighted by Crippen LogP contribution is -2.66. The number of hydrogen-bond acceptors (Lipinski definition) is 2. The van der Waals surface area contributed by atoms with Crippen LogP contribution in [0, 0.1) is 5.92 Å². The summed E-state index contributed by atoms with van der Waals surface area (Å²) in [4.78, 5) is 14.3. The van der Waals surface area contributed by atoms with Crippen LogP contribution < -0.4 is 10.2 Å². The highest BCUT2D eigenvalue weighted by Gasteiger charge is 2.56. The first-order valence-electron chi connectivity index (χ1n) is 9.20. The molecule has 3 nitrogen and oxygen atoms in total. The number of halogens is 3. The number of rotatable bonds is 4. The normalized spacial score (nSPS) is 25.8. The van der Waals surface area contributed by atoms with Crippen LogP contribution in [0.5, 0.6) is 0 Å². The number of fused-ring (bicyclic) bond motifs is 1. The minimum absolute atomic E-state index is 0.0493. The lowest BCUT2D eigenvalue weighted by atomic mass is 9.50. The van der Waals surface area contributed by atoms with E-state index in [2.05, 4.69) is 5.32 Å². The molecule has 6 rings (SSSR count). The topological polar surface area (TPSA) is 32.3 Å². The molecule has 3 aliphatic carbocycles. The van der Waals surface area contributed by atoms with Crippen LogP contribution in [0.1, 0.15) is 46.3 Å². The van der Waals surface area contributed by atoms with Gasteiger partial charge in [0.25, 0.3) is 5.91 Å². The van der Waals surface area contributed by atoms with Crippen molar-refractivity contribution in [3.8, 4) is 0 Å². The molecule has 1 amide bonds. The zero-order chi connectivity index (χ0) is 18.8. The van der Waals surface area contributed by atoms with Crippen molar-refractivity contribution in [3.63, 3.8) is 0 Å². The Hall–Kier alpha value is -2.34. The first kappa shape index (κ1) is 16.8. The maximum atomic E-state index is 13.7. The van der Waals surface area contributed by atoms with Crippen LogP contribution in [-0.4, -0.2) is 11.4 Å². The summed E-state index contributed by atoms with van der Waals surface area (Å²) in [5.74, 6) is 0.429. The highest BCUT2D eigenvalue weighted by Crippen LogP contribution is 2.57. The van der Waals surface area contributed by atoms with Crippen LogP contribution in [0.15, 0.2) is 42.5 Å². The minimum Gasteiger partial charge on any atom is -0.307 e. The quantitative estimate of drug-likeness (QED) is 0.857. The molecule has 3 saturated carbocycles. The number of carbonyl (C=O) groups is 1. The molecule has 3 fully saturated rings. The first-order valence-corrected chi connectivity index (χ1v) is 9.20. The molecule has 27 heavy (non-hydrogen) atoms. The molecule has 0 aromatic heterocycles. The SMILES string of the molecule is O=C1c2cc(CNC34CC(C3)C4)cc(C(F)(F)F)c2CN1c1ccccc1. The molecule has 0 unspecified atom stereocenters. The molecule has 0 radical (unpaired) electrons. The zero-order valence-electron chi connectivity index (χ0n) is 14.6. The number of nitrogens with zero attached hydrogens (tertiary/aromatic N) is 1. The molecular formula is C21H19F3N2O. The molecule has 140 valence electrons. The third-order valence-electron chi connectivity index (χ3n) is 6.18. The molecule has 4 aliphatic rings. The number of benzene rings is 2. The molecule has 6 heteroatoms. The molecule has 0 atom stereocenters. The lowest BCUT2D eigenvalue weighted by molar-refractivity contribution is -0.138. The standard InChI is InChI=1S/C21H19F3N2O/c22-21(23,24)18-7-13(11-25-20-8-14(9-20)10-20)6-16-17(18)12-26(19(16)27)15-4-2-1-3-5-15/h1-7,14,25H,8-12H2. The second-order valence-corrected chi connectivity index (χ2v) is 8.01. The molecular weight excluding hydrogens is 353 g/mol. The molecule has 1 aliphatic heterocycles. The Bertz CT molecular complexity index is 906. The Morgan fingerprint density at radius 3 is 2.41 bits per heavy atom. The Balaban J connectivity index is 1.49. The van der Waals surface area contributed by atoms with Crippen molar-refractivity contribution in [2.45, 2.75) is 44.1 Å². The maximum absolute atomic E-state index is 13.7. The predicted octanol–water partition coefficient (Wildman–Crippen LogP) is 4.51. The van der Waals surface area contributed by atoms with E-state index in [1.807, 2.05) is 6.07 Å². The fourth-order valence-corrected chi connectivity index (χ4v) is 4.62. The highest BCUT2D eigenvalue weighted by molar-refractivity contribution is 6.10. The van der Waals surface area contributed by atoms with E-state index in [9.17, 15) is 18.0 Å². The van der Waals surface area contributed by atoms with Gasteiger partial charge in [0.15, 0.2) is 0 Å². The fraction of sp³-hybridized carbons (Fsp3) is 0.381. The number of hydrogen-bond donors (Lipinski definition) is 1. The predicted molar refractivity (Wildman–Crippen MR) is 95.3 cm³/mol. The largest absolute Gasteiger partial charge is 0.416 e. The summed E-state index contributed by atoms with van der Waals surface area (Å²) in [6.45, 7) is 0.314. The van der Waals surface area contributed by atoms with Gasteiger partial charge in [0.2, 0.25) is 0 Å². The van der Waals surface area contributed by atoms with Crippen LogP contribution in [0.3, 0.4) is 0 Å². The molecule has 2 aromatic carbocycles. The van der Waals surface area contributed by atoms with E-state index >= 15 is 0 Å². The number of para-hydroxylation sites is 1. The molecule has 1 heterocycles. The van der Waals surface area contributed by atoms with Gasteiger partial charge in [-0.3, -0.25) is 4.79 Å². The second-order valence-electron chi connectivity index (χ2n) is 8.01. The van der Waals surface area contributed by atoms with E-state index in [4.69, 9.17) is 0 Å². The van der Waals surface area contributed by atoms with Crippen molar-refractivity contribution in [1.82, 2.24) is 5.32 Å². The van der Waals surface area contributed by atoms with E-state index in [0.717, 1.165) is 25.2 Å². The smallest absolute Gasteiger partial charge is 0.307 e. The van der Waals surface area contributed by atoms with Gasteiger partial charge in [0.1, 0.15) is 0 Å². The van der Waals surface area contributed by atoms with Gasteiger partial charge in [-0.1, -0.05) is 18.2 Å². The third-order valence-corrected chi connectivity index (χ3v) is 6.18. The van der Waals surface area contributed by atoms with E-state index in [-0.39, 0.29) is 29.1 Å². The molecule has 2 bridgehead atoms. The summed E-state index contributed by atoms with van der Waals surface area (Å²) in [6.07, 6.45) is -1.14. The first-order chi connectivity index (χ1) is 12.8. The van der Waals surface area contributed by atoms with Gasteiger partial charge in [-0.15, -0.1) is 0 Å². The van der Waals surface area contributed by atoms with Gasteiger partial charge in [-0.2, -0.15) is 13.2 Å². The summed E-state index contributed by atoms with van der Waals surface area (Å²) >= 11 is 0. The minimum atomic E-state index is -4.48. The van der Waals surface area contributed by atoms with Gasteiger partial charge in [0, 0.05) is 23.3 Å².